The lowest BCUT2D eigenvalue weighted by Crippen LogP contribution is -2.38. The fourth-order valence-electron chi connectivity index (χ4n) is 2.68. The van der Waals surface area contributed by atoms with Crippen LogP contribution in [0, 0.1) is 0 Å². The van der Waals surface area contributed by atoms with Gasteiger partial charge in [-0.15, -0.1) is 24.0 Å². The summed E-state index contributed by atoms with van der Waals surface area (Å²) < 4.78 is 39.4. The molecule has 0 spiro atoms. The lowest BCUT2D eigenvalue weighted by atomic mass is 10.2. The number of benzene rings is 2. The highest BCUT2D eigenvalue weighted by molar-refractivity contribution is 14.0. The van der Waals surface area contributed by atoms with Crippen molar-refractivity contribution < 1.29 is 23.0 Å². The molecular formula is C20H26F2IN3O3. The molecule has 2 aromatic rings. The second-order valence-corrected chi connectivity index (χ2v) is 5.97. The van der Waals surface area contributed by atoms with Crippen molar-refractivity contribution in [3.05, 3.63) is 53.6 Å². The van der Waals surface area contributed by atoms with Gasteiger partial charge in [-0.1, -0.05) is 18.2 Å². The Bertz CT molecular complexity index is 789. The van der Waals surface area contributed by atoms with E-state index in [1.54, 1.807) is 33.4 Å². The Hall–Kier alpha value is -2.30. The number of rotatable bonds is 8. The third-order valence-corrected chi connectivity index (χ3v) is 4.04. The summed E-state index contributed by atoms with van der Waals surface area (Å²) in [6.07, 6.45) is 0. The maximum atomic E-state index is 12.2. The van der Waals surface area contributed by atoms with E-state index in [9.17, 15) is 8.78 Å². The van der Waals surface area contributed by atoms with Gasteiger partial charge in [0.1, 0.15) is 5.75 Å². The van der Waals surface area contributed by atoms with Gasteiger partial charge in [0.05, 0.1) is 14.2 Å². The average molecular weight is 521 g/mol. The van der Waals surface area contributed by atoms with Crippen molar-refractivity contribution in [2.24, 2.45) is 4.99 Å². The minimum absolute atomic E-state index is 0. The second-order valence-electron chi connectivity index (χ2n) is 5.97. The summed E-state index contributed by atoms with van der Waals surface area (Å²) in [6, 6.07) is 12.2. The molecule has 0 amide bonds. The van der Waals surface area contributed by atoms with Crippen molar-refractivity contribution >= 4 is 29.9 Å². The fraction of sp³-hybridized carbons (Fsp3) is 0.350. The van der Waals surface area contributed by atoms with Crippen molar-refractivity contribution in [2.45, 2.75) is 19.7 Å². The molecule has 0 aliphatic carbocycles. The molecule has 0 radical (unpaired) electrons. The number of guanidine groups is 1. The molecule has 0 fully saturated rings. The molecule has 29 heavy (non-hydrogen) atoms. The molecule has 2 rings (SSSR count). The number of methoxy groups -OCH3 is 2. The van der Waals surface area contributed by atoms with Gasteiger partial charge in [-0.2, -0.15) is 8.78 Å². The number of alkyl halides is 2. The van der Waals surface area contributed by atoms with E-state index >= 15 is 0 Å². The smallest absolute Gasteiger partial charge is 0.387 e. The number of halogens is 3. The van der Waals surface area contributed by atoms with Crippen molar-refractivity contribution in [1.29, 1.82) is 0 Å². The molecule has 160 valence electrons. The van der Waals surface area contributed by atoms with Gasteiger partial charge in [0, 0.05) is 27.2 Å². The minimum atomic E-state index is -2.83. The van der Waals surface area contributed by atoms with Gasteiger partial charge in [-0.3, -0.25) is 4.99 Å². The predicted octanol–water partition coefficient (Wildman–Crippen LogP) is 4.13. The van der Waals surface area contributed by atoms with Gasteiger partial charge >= 0.3 is 6.61 Å². The van der Waals surface area contributed by atoms with E-state index in [1.165, 1.54) is 12.1 Å². The molecule has 0 aliphatic rings. The van der Waals surface area contributed by atoms with Crippen LogP contribution in [0.1, 0.15) is 11.1 Å². The monoisotopic (exact) mass is 521 g/mol. The summed E-state index contributed by atoms with van der Waals surface area (Å²) in [5.41, 5.74) is 1.96. The predicted molar refractivity (Wildman–Crippen MR) is 120 cm³/mol. The Morgan fingerprint density at radius 1 is 1.03 bits per heavy atom. The minimum Gasteiger partial charge on any atom is -0.493 e. The second kappa shape index (κ2) is 12.3. The maximum Gasteiger partial charge on any atom is 0.387 e. The summed E-state index contributed by atoms with van der Waals surface area (Å²) in [5.74, 6) is 2.17. The van der Waals surface area contributed by atoms with E-state index in [0.717, 1.165) is 11.1 Å². The van der Waals surface area contributed by atoms with E-state index in [4.69, 9.17) is 9.47 Å². The number of nitrogens with one attached hydrogen (secondary N) is 1. The molecule has 0 bridgehead atoms. The zero-order valence-corrected chi connectivity index (χ0v) is 19.1. The van der Waals surface area contributed by atoms with Crippen LogP contribution in [0.25, 0.3) is 0 Å². The first-order chi connectivity index (χ1) is 13.5. The van der Waals surface area contributed by atoms with Gasteiger partial charge in [0.2, 0.25) is 0 Å². The third-order valence-electron chi connectivity index (χ3n) is 4.04. The van der Waals surface area contributed by atoms with Gasteiger partial charge in [-0.25, -0.2) is 0 Å². The number of aliphatic imine (C=N–C) groups is 1. The van der Waals surface area contributed by atoms with Crippen LogP contribution in [0.5, 0.6) is 17.2 Å². The number of ether oxygens (including phenoxy) is 3. The van der Waals surface area contributed by atoms with E-state index in [2.05, 4.69) is 15.0 Å². The van der Waals surface area contributed by atoms with Crippen LogP contribution in [0.15, 0.2) is 47.5 Å². The van der Waals surface area contributed by atoms with E-state index < -0.39 is 6.61 Å². The normalized spacial score (nSPS) is 10.9. The molecule has 0 heterocycles. The zero-order chi connectivity index (χ0) is 20.5. The first kappa shape index (κ1) is 24.7. The van der Waals surface area contributed by atoms with Crippen LogP contribution >= 0.6 is 24.0 Å². The van der Waals surface area contributed by atoms with Crippen LogP contribution in [-0.2, 0) is 13.1 Å². The first-order valence-corrected chi connectivity index (χ1v) is 8.63. The molecular weight excluding hydrogens is 495 g/mol. The molecule has 0 saturated heterocycles. The van der Waals surface area contributed by atoms with Crippen LogP contribution in [-0.4, -0.2) is 45.8 Å². The summed E-state index contributed by atoms with van der Waals surface area (Å²) in [5, 5.41) is 3.29. The standard InChI is InChI=1S/C20H25F2N3O3.HI/c1-23-20(24-12-15-7-10-17(26-3)18(11-15)27-4)25(2)13-14-5-8-16(9-6-14)28-19(21)22;/h5-11,19H,12-13H2,1-4H3,(H,23,24);1H. The molecule has 0 saturated carbocycles. The van der Waals surface area contributed by atoms with E-state index in [1.807, 2.05) is 30.1 Å². The van der Waals surface area contributed by atoms with E-state index in [0.29, 0.717) is 30.5 Å². The Morgan fingerprint density at radius 2 is 1.66 bits per heavy atom. The quantitative estimate of drug-likeness (QED) is 0.322. The topological polar surface area (TPSA) is 55.3 Å². The average Bonchev–Trinajstić information content (AvgIpc) is 2.69. The lowest BCUT2D eigenvalue weighted by Gasteiger charge is -2.22. The van der Waals surface area contributed by atoms with Gasteiger partial charge in [0.25, 0.3) is 0 Å². The van der Waals surface area contributed by atoms with Crippen molar-refractivity contribution in [2.75, 3.05) is 28.3 Å². The van der Waals surface area contributed by atoms with Crippen molar-refractivity contribution in [3.8, 4) is 17.2 Å². The first-order valence-electron chi connectivity index (χ1n) is 8.63. The Labute approximate surface area is 186 Å². The highest BCUT2D eigenvalue weighted by atomic mass is 127. The largest absolute Gasteiger partial charge is 0.493 e. The molecule has 1 N–H and O–H groups in total. The third kappa shape index (κ3) is 7.56. The summed E-state index contributed by atoms with van der Waals surface area (Å²) in [4.78, 5) is 6.22. The summed E-state index contributed by atoms with van der Waals surface area (Å²) >= 11 is 0. The Morgan fingerprint density at radius 3 is 2.21 bits per heavy atom. The van der Waals surface area contributed by atoms with Crippen molar-refractivity contribution in [1.82, 2.24) is 10.2 Å². The van der Waals surface area contributed by atoms with Gasteiger partial charge in [0.15, 0.2) is 17.5 Å². The highest BCUT2D eigenvalue weighted by Gasteiger charge is 2.10. The molecule has 0 aromatic heterocycles. The SMILES string of the molecule is CN=C(NCc1ccc(OC)c(OC)c1)N(C)Cc1ccc(OC(F)F)cc1.I. The molecule has 0 atom stereocenters. The molecule has 0 aliphatic heterocycles. The van der Waals surface area contributed by atoms with Crippen LogP contribution in [0.3, 0.4) is 0 Å². The van der Waals surface area contributed by atoms with Crippen LogP contribution < -0.4 is 19.5 Å². The summed E-state index contributed by atoms with van der Waals surface area (Å²) in [7, 11) is 6.79. The van der Waals surface area contributed by atoms with E-state index in [-0.39, 0.29) is 29.7 Å². The van der Waals surface area contributed by atoms with Crippen LogP contribution in [0.2, 0.25) is 0 Å². The number of nitrogens with zero attached hydrogens (tertiary/aromatic N) is 2. The molecule has 2 aromatic carbocycles. The van der Waals surface area contributed by atoms with Crippen LogP contribution in [0.4, 0.5) is 8.78 Å². The zero-order valence-electron chi connectivity index (χ0n) is 16.8. The van der Waals surface area contributed by atoms with Gasteiger partial charge in [-0.05, 0) is 35.4 Å². The van der Waals surface area contributed by atoms with Gasteiger partial charge < -0.3 is 24.4 Å². The highest BCUT2D eigenvalue weighted by Crippen LogP contribution is 2.27. The summed E-state index contributed by atoms with van der Waals surface area (Å²) in [6.45, 7) is -1.72. The number of hydrogen-bond donors (Lipinski definition) is 1. The number of hydrogen-bond acceptors (Lipinski definition) is 4. The fourth-order valence-corrected chi connectivity index (χ4v) is 2.68. The molecule has 0 unspecified atom stereocenters. The van der Waals surface area contributed by atoms with Crippen molar-refractivity contribution in [3.63, 3.8) is 0 Å². The maximum absolute atomic E-state index is 12.2. The molecule has 6 nitrogen and oxygen atoms in total. The Kier molecular flexibility index (Phi) is 10.5. The molecule has 9 heteroatoms. The lowest BCUT2D eigenvalue weighted by molar-refractivity contribution is -0.0498. The Balaban J connectivity index is 0.00000420.